The van der Waals surface area contributed by atoms with E-state index in [1.165, 1.54) is 16.7 Å². The summed E-state index contributed by atoms with van der Waals surface area (Å²) in [5.74, 6) is 1.11. The molecule has 6 nitrogen and oxygen atoms in total. The van der Waals surface area contributed by atoms with Crippen LogP contribution >= 0.6 is 11.8 Å². The van der Waals surface area contributed by atoms with Gasteiger partial charge >= 0.3 is 0 Å². The summed E-state index contributed by atoms with van der Waals surface area (Å²) >= 11 is 1.66. The van der Waals surface area contributed by atoms with E-state index in [4.69, 9.17) is 5.10 Å². The van der Waals surface area contributed by atoms with Crippen LogP contribution in [-0.2, 0) is 4.79 Å². The number of nitrogens with zero attached hydrogens (tertiary/aromatic N) is 4. The molecular weight excluding hydrogens is 382 g/mol. The SMILES string of the molecule is Cc1ccc(C)c(C2SC(C)C(=O)Nc3c2c(C)nn3-c2nc(C)cc(C)n2)c1. The summed E-state index contributed by atoms with van der Waals surface area (Å²) in [6.07, 6.45) is 0. The highest BCUT2D eigenvalue weighted by molar-refractivity contribution is 8.01. The largest absolute Gasteiger partial charge is 0.309 e. The summed E-state index contributed by atoms with van der Waals surface area (Å²) in [6.45, 7) is 12.0. The summed E-state index contributed by atoms with van der Waals surface area (Å²) < 4.78 is 1.68. The number of anilines is 1. The number of fused-ring (bicyclic) bond motifs is 1. The lowest BCUT2D eigenvalue weighted by molar-refractivity contribution is -0.115. The Kier molecular flexibility index (Phi) is 4.94. The first-order valence-corrected chi connectivity index (χ1v) is 10.6. The van der Waals surface area contributed by atoms with Crippen LogP contribution in [0.15, 0.2) is 24.3 Å². The van der Waals surface area contributed by atoms with Crippen LogP contribution in [0.4, 0.5) is 5.82 Å². The van der Waals surface area contributed by atoms with Gasteiger partial charge in [-0.1, -0.05) is 23.8 Å². The van der Waals surface area contributed by atoms with Gasteiger partial charge in [-0.15, -0.1) is 11.8 Å². The number of hydrogen-bond donors (Lipinski definition) is 1. The summed E-state index contributed by atoms with van der Waals surface area (Å²) in [5.41, 5.74) is 7.23. The first-order chi connectivity index (χ1) is 13.7. The van der Waals surface area contributed by atoms with E-state index in [0.29, 0.717) is 11.8 Å². The maximum atomic E-state index is 12.8. The van der Waals surface area contributed by atoms with E-state index in [1.807, 2.05) is 33.8 Å². The van der Waals surface area contributed by atoms with Crippen LogP contribution in [-0.4, -0.2) is 30.9 Å². The third-order valence-corrected chi connectivity index (χ3v) is 6.58. The number of nitrogens with one attached hydrogen (secondary N) is 1. The molecule has 3 aromatic rings. The fourth-order valence-corrected chi connectivity index (χ4v) is 5.15. The van der Waals surface area contributed by atoms with Crippen molar-refractivity contribution in [2.24, 2.45) is 0 Å². The number of hydrogen-bond acceptors (Lipinski definition) is 5. The highest BCUT2D eigenvalue weighted by Gasteiger charge is 2.35. The average molecular weight is 408 g/mol. The van der Waals surface area contributed by atoms with Crippen LogP contribution in [0.25, 0.3) is 5.95 Å². The van der Waals surface area contributed by atoms with E-state index in [1.54, 1.807) is 16.4 Å². The molecule has 0 radical (unpaired) electrons. The average Bonchev–Trinajstić information content (AvgIpc) is 2.89. The molecule has 1 aliphatic heterocycles. The van der Waals surface area contributed by atoms with Crippen LogP contribution in [0.5, 0.6) is 0 Å². The first-order valence-electron chi connectivity index (χ1n) is 9.70. The molecule has 0 saturated heterocycles. The van der Waals surface area contributed by atoms with Gasteiger partial charge in [0.15, 0.2) is 0 Å². The van der Waals surface area contributed by atoms with Gasteiger partial charge in [0.1, 0.15) is 5.82 Å². The minimum atomic E-state index is -0.194. The van der Waals surface area contributed by atoms with Crippen LogP contribution in [0.3, 0.4) is 0 Å². The quantitative estimate of drug-likeness (QED) is 0.683. The topological polar surface area (TPSA) is 72.7 Å². The van der Waals surface area contributed by atoms with Gasteiger partial charge in [-0.05, 0) is 58.7 Å². The Balaban J connectivity index is 1.96. The van der Waals surface area contributed by atoms with Crippen molar-refractivity contribution in [3.05, 3.63) is 63.6 Å². The third kappa shape index (κ3) is 3.55. The van der Waals surface area contributed by atoms with Crippen molar-refractivity contribution in [3.63, 3.8) is 0 Å². The molecule has 2 aromatic heterocycles. The Hall–Kier alpha value is -2.67. The van der Waals surface area contributed by atoms with Crippen LogP contribution in [0.2, 0.25) is 0 Å². The second kappa shape index (κ2) is 7.30. The van der Waals surface area contributed by atoms with Gasteiger partial charge in [-0.3, -0.25) is 4.79 Å². The molecule has 1 aliphatic rings. The number of thioether (sulfide) groups is 1. The molecular formula is C22H25N5OS. The molecule has 1 N–H and O–H groups in total. The predicted octanol–water partition coefficient (Wildman–Crippen LogP) is 4.37. The molecule has 3 heterocycles. The second-order valence-electron chi connectivity index (χ2n) is 7.72. The molecule has 0 bridgehead atoms. The minimum Gasteiger partial charge on any atom is -0.309 e. The Morgan fingerprint density at radius 3 is 2.41 bits per heavy atom. The highest BCUT2D eigenvalue weighted by atomic mass is 32.2. The number of carbonyl (C=O) groups excluding carboxylic acids is 1. The third-order valence-electron chi connectivity index (χ3n) is 5.20. The lowest BCUT2D eigenvalue weighted by Gasteiger charge is -2.20. The molecule has 150 valence electrons. The normalized spacial score (nSPS) is 18.9. The Bertz CT molecular complexity index is 1100. The summed E-state index contributed by atoms with van der Waals surface area (Å²) in [7, 11) is 0. The van der Waals surface area contributed by atoms with Gasteiger partial charge in [0, 0.05) is 17.0 Å². The van der Waals surface area contributed by atoms with Crippen molar-refractivity contribution in [1.82, 2.24) is 19.7 Å². The number of amides is 1. The van der Waals surface area contributed by atoms with E-state index >= 15 is 0 Å². The van der Waals surface area contributed by atoms with E-state index in [2.05, 4.69) is 47.3 Å². The Morgan fingerprint density at radius 2 is 1.72 bits per heavy atom. The molecule has 4 rings (SSSR count). The smallest absolute Gasteiger partial charge is 0.252 e. The van der Waals surface area contributed by atoms with E-state index in [-0.39, 0.29) is 16.4 Å². The zero-order valence-corrected chi connectivity index (χ0v) is 18.4. The molecule has 0 fully saturated rings. The van der Waals surface area contributed by atoms with E-state index in [0.717, 1.165) is 22.6 Å². The zero-order chi connectivity index (χ0) is 20.9. The van der Waals surface area contributed by atoms with Crippen LogP contribution in [0, 0.1) is 34.6 Å². The van der Waals surface area contributed by atoms with Crippen molar-refractivity contribution >= 4 is 23.5 Å². The van der Waals surface area contributed by atoms with Gasteiger partial charge in [0.2, 0.25) is 5.91 Å². The zero-order valence-electron chi connectivity index (χ0n) is 17.6. The number of aryl methyl sites for hydroxylation is 5. The van der Waals surface area contributed by atoms with E-state index < -0.39 is 0 Å². The monoisotopic (exact) mass is 407 g/mol. The predicted molar refractivity (Wildman–Crippen MR) is 117 cm³/mol. The number of carbonyl (C=O) groups is 1. The highest BCUT2D eigenvalue weighted by Crippen LogP contribution is 2.46. The molecule has 1 amide bonds. The second-order valence-corrected chi connectivity index (χ2v) is 9.17. The van der Waals surface area contributed by atoms with Gasteiger partial charge < -0.3 is 5.32 Å². The number of rotatable bonds is 2. The summed E-state index contributed by atoms with van der Waals surface area (Å²) in [6, 6.07) is 8.40. The maximum Gasteiger partial charge on any atom is 0.252 e. The van der Waals surface area contributed by atoms with Gasteiger partial charge in [-0.25, -0.2) is 9.97 Å². The van der Waals surface area contributed by atoms with E-state index in [9.17, 15) is 4.79 Å². The molecule has 2 atom stereocenters. The standard InChI is InChI=1S/C22H25N5OS/c1-11-7-8-12(2)17(9-11)19-18-15(5)26-27(20(18)25-21(28)16(6)29-19)22-23-13(3)10-14(4)24-22/h7-10,16,19H,1-6H3,(H,25,28). The Labute approximate surface area is 175 Å². The molecule has 29 heavy (non-hydrogen) atoms. The van der Waals surface area contributed by atoms with Crippen LogP contribution < -0.4 is 5.32 Å². The molecule has 2 unspecified atom stereocenters. The number of benzene rings is 1. The molecule has 0 spiro atoms. The minimum absolute atomic E-state index is 0.00138. The van der Waals surface area contributed by atoms with Gasteiger partial charge in [0.05, 0.1) is 16.2 Å². The fourth-order valence-electron chi connectivity index (χ4n) is 3.74. The molecule has 7 heteroatoms. The number of aromatic nitrogens is 4. The lowest BCUT2D eigenvalue weighted by Crippen LogP contribution is -2.23. The molecule has 0 aliphatic carbocycles. The van der Waals surface area contributed by atoms with Crippen molar-refractivity contribution < 1.29 is 4.79 Å². The molecule has 1 aromatic carbocycles. The lowest BCUT2D eigenvalue weighted by atomic mass is 9.98. The fraction of sp³-hybridized carbons (Fsp3) is 0.364. The molecule has 0 saturated carbocycles. The Morgan fingerprint density at radius 1 is 1.03 bits per heavy atom. The van der Waals surface area contributed by atoms with Crippen molar-refractivity contribution in [2.75, 3.05) is 5.32 Å². The van der Waals surface area contributed by atoms with Gasteiger partial charge in [-0.2, -0.15) is 9.78 Å². The van der Waals surface area contributed by atoms with Gasteiger partial charge in [0.25, 0.3) is 5.95 Å². The first kappa shape index (κ1) is 19.6. The summed E-state index contributed by atoms with van der Waals surface area (Å²) in [4.78, 5) is 21.9. The van der Waals surface area contributed by atoms with Crippen molar-refractivity contribution in [1.29, 1.82) is 0 Å². The maximum absolute atomic E-state index is 12.8. The van der Waals surface area contributed by atoms with Crippen molar-refractivity contribution in [3.8, 4) is 5.95 Å². The van der Waals surface area contributed by atoms with Crippen LogP contribution in [0.1, 0.15) is 51.5 Å². The van der Waals surface area contributed by atoms with Crippen molar-refractivity contribution in [2.45, 2.75) is 52.0 Å². The summed E-state index contributed by atoms with van der Waals surface area (Å²) in [5, 5.41) is 7.64.